The summed E-state index contributed by atoms with van der Waals surface area (Å²) < 4.78 is 4.12. The molecule has 120 valence electrons. The third-order valence-corrected chi connectivity index (χ3v) is 5.24. The maximum Gasteiger partial charge on any atom is 0.136 e. The quantitative estimate of drug-likeness (QED) is 0.433. The molecular formula is C19H12IN5. The van der Waals surface area contributed by atoms with Gasteiger partial charge in [0.15, 0.2) is 0 Å². The number of nitrogens with zero attached hydrogens (tertiary/aromatic N) is 4. The molecule has 2 aromatic carbocycles. The summed E-state index contributed by atoms with van der Waals surface area (Å²) in [5.74, 6) is 1.03. The van der Waals surface area contributed by atoms with Crippen molar-refractivity contribution in [3.05, 3.63) is 59.2 Å². The van der Waals surface area contributed by atoms with Crippen LogP contribution in [0, 0.1) is 22.7 Å². The summed E-state index contributed by atoms with van der Waals surface area (Å²) in [6, 6.07) is 16.0. The second-order valence-corrected chi connectivity index (χ2v) is 6.78. The number of nitrogens with one attached hydrogen (secondary N) is 1. The van der Waals surface area contributed by atoms with Crippen LogP contribution in [0.4, 0.5) is 0 Å². The van der Waals surface area contributed by atoms with Gasteiger partial charge < -0.3 is 9.88 Å². The molecule has 1 aliphatic heterocycles. The zero-order valence-corrected chi connectivity index (χ0v) is 15.4. The van der Waals surface area contributed by atoms with E-state index in [1.54, 1.807) is 0 Å². The maximum atomic E-state index is 9.11. The van der Waals surface area contributed by atoms with Gasteiger partial charge in [0, 0.05) is 51.7 Å². The average molecular weight is 437 g/mol. The number of hydrogen-bond acceptors (Lipinski definition) is 4. The van der Waals surface area contributed by atoms with Crippen molar-refractivity contribution in [2.75, 3.05) is 0 Å². The van der Waals surface area contributed by atoms with E-state index in [1.165, 1.54) is 0 Å². The van der Waals surface area contributed by atoms with E-state index in [1.807, 2.05) is 52.9 Å². The van der Waals surface area contributed by atoms with Crippen LogP contribution in [-0.2, 0) is 7.05 Å². The molecule has 4 rings (SSSR count). The third kappa shape index (κ3) is 2.34. The molecule has 0 amide bonds. The van der Waals surface area contributed by atoms with Crippen molar-refractivity contribution >= 4 is 56.1 Å². The SMILES string of the molecule is Cn1c2cc(=C(C#N)C#N)ccc2c2cc/c(=C3/NC=CN3I)cc21. The number of benzene rings is 2. The van der Waals surface area contributed by atoms with Crippen LogP contribution < -0.4 is 15.8 Å². The lowest BCUT2D eigenvalue weighted by Crippen LogP contribution is -2.18. The molecule has 0 atom stereocenters. The molecule has 0 spiro atoms. The van der Waals surface area contributed by atoms with E-state index in [4.69, 9.17) is 10.5 Å². The molecule has 0 saturated carbocycles. The fourth-order valence-corrected chi connectivity index (χ4v) is 3.76. The molecule has 0 radical (unpaired) electrons. The second kappa shape index (κ2) is 5.83. The Morgan fingerprint density at radius 3 is 2.36 bits per heavy atom. The van der Waals surface area contributed by atoms with Crippen molar-refractivity contribution < 1.29 is 0 Å². The van der Waals surface area contributed by atoms with Gasteiger partial charge in [0.1, 0.15) is 23.5 Å². The van der Waals surface area contributed by atoms with Crippen LogP contribution in [-0.4, -0.2) is 7.68 Å². The van der Waals surface area contributed by atoms with Crippen LogP contribution in [0.15, 0.2) is 48.8 Å². The summed E-state index contributed by atoms with van der Waals surface area (Å²) in [6.45, 7) is 0. The number of aromatic nitrogens is 1. The van der Waals surface area contributed by atoms with Crippen molar-refractivity contribution in [3.8, 4) is 12.1 Å². The van der Waals surface area contributed by atoms with Crippen molar-refractivity contribution in [1.82, 2.24) is 13.0 Å². The van der Waals surface area contributed by atoms with E-state index in [0.717, 1.165) is 32.8 Å². The number of rotatable bonds is 0. The Hall–Kier alpha value is -2.97. The fourth-order valence-electron chi connectivity index (χ4n) is 3.18. The first-order valence-corrected chi connectivity index (χ1v) is 8.56. The minimum atomic E-state index is 0.130. The molecule has 0 saturated heterocycles. The normalized spacial score (nSPS) is 15.3. The van der Waals surface area contributed by atoms with Crippen LogP contribution in [0.5, 0.6) is 0 Å². The van der Waals surface area contributed by atoms with E-state index >= 15 is 0 Å². The lowest BCUT2D eigenvalue weighted by atomic mass is 10.1. The summed E-state index contributed by atoms with van der Waals surface area (Å²) >= 11 is 2.24. The minimum absolute atomic E-state index is 0.130. The number of nitriles is 2. The molecule has 0 bridgehead atoms. The smallest absolute Gasteiger partial charge is 0.136 e. The lowest BCUT2D eigenvalue weighted by Gasteiger charge is -2.08. The Bertz CT molecular complexity index is 1250. The predicted molar refractivity (Wildman–Crippen MR) is 106 cm³/mol. The molecule has 1 N–H and O–H groups in total. The van der Waals surface area contributed by atoms with Crippen molar-refractivity contribution in [2.45, 2.75) is 0 Å². The molecule has 0 aliphatic carbocycles. The summed E-state index contributed by atoms with van der Waals surface area (Å²) in [7, 11) is 2.00. The number of aryl methyl sites for hydroxylation is 1. The van der Waals surface area contributed by atoms with Crippen molar-refractivity contribution in [2.24, 2.45) is 7.05 Å². The van der Waals surface area contributed by atoms with Gasteiger partial charge in [-0.15, -0.1) is 0 Å². The minimum Gasteiger partial charge on any atom is -0.346 e. The van der Waals surface area contributed by atoms with Gasteiger partial charge in [0.2, 0.25) is 0 Å². The molecule has 1 aromatic heterocycles. The Kier molecular flexibility index (Phi) is 3.63. The molecule has 5 nitrogen and oxygen atoms in total. The summed E-state index contributed by atoms with van der Waals surface area (Å²) in [6.07, 6.45) is 3.87. The van der Waals surface area contributed by atoms with E-state index in [0.29, 0.717) is 5.22 Å². The molecule has 1 aliphatic rings. The van der Waals surface area contributed by atoms with Crippen LogP contribution in [0.25, 0.3) is 33.2 Å². The highest BCUT2D eigenvalue weighted by molar-refractivity contribution is 14.1. The Morgan fingerprint density at radius 2 is 1.72 bits per heavy atom. The van der Waals surface area contributed by atoms with Gasteiger partial charge in [-0.2, -0.15) is 10.5 Å². The van der Waals surface area contributed by atoms with E-state index in [2.05, 4.69) is 50.9 Å². The first kappa shape index (κ1) is 15.6. The standard InChI is InChI=1S/C19H12IN5/c1-24-17-8-12(14(10-21)11-22)2-4-15(17)16-5-3-13(9-18(16)24)19-23-6-7-25(19)20/h2-9,23H,1H3/b19-13+. The van der Waals surface area contributed by atoms with E-state index in [9.17, 15) is 0 Å². The highest BCUT2D eigenvalue weighted by Gasteiger charge is 2.12. The lowest BCUT2D eigenvalue weighted by molar-refractivity contribution is 0.927. The van der Waals surface area contributed by atoms with E-state index < -0.39 is 0 Å². The zero-order valence-electron chi connectivity index (χ0n) is 13.3. The predicted octanol–water partition coefficient (Wildman–Crippen LogP) is 2.32. The molecule has 6 heteroatoms. The molecular weight excluding hydrogens is 425 g/mol. The van der Waals surface area contributed by atoms with Crippen LogP contribution in [0.3, 0.4) is 0 Å². The second-order valence-electron chi connectivity index (χ2n) is 5.74. The van der Waals surface area contributed by atoms with Gasteiger partial charge in [0.05, 0.1) is 22.9 Å². The van der Waals surface area contributed by atoms with Gasteiger partial charge in [-0.05, 0) is 12.1 Å². The Labute approximate surface area is 157 Å². The van der Waals surface area contributed by atoms with Gasteiger partial charge in [-0.1, -0.05) is 24.3 Å². The Morgan fingerprint density at radius 1 is 1.04 bits per heavy atom. The van der Waals surface area contributed by atoms with Crippen LogP contribution in [0.2, 0.25) is 0 Å². The summed E-state index contributed by atoms with van der Waals surface area (Å²) in [4.78, 5) is 0. The molecule has 25 heavy (non-hydrogen) atoms. The topological polar surface area (TPSA) is 67.8 Å². The van der Waals surface area contributed by atoms with Crippen molar-refractivity contribution in [1.29, 1.82) is 10.5 Å². The number of fused-ring (bicyclic) bond motifs is 3. The Balaban J connectivity index is 2.08. The average Bonchev–Trinajstić information content (AvgIpc) is 3.18. The molecule has 3 aromatic rings. The van der Waals surface area contributed by atoms with Gasteiger partial charge in [-0.25, -0.2) is 0 Å². The summed E-state index contributed by atoms with van der Waals surface area (Å²) in [5.41, 5.74) is 2.23. The monoisotopic (exact) mass is 437 g/mol. The molecule has 2 heterocycles. The van der Waals surface area contributed by atoms with E-state index in [-0.39, 0.29) is 5.57 Å². The van der Waals surface area contributed by atoms with Crippen LogP contribution >= 0.6 is 22.9 Å². The molecule has 0 unspecified atom stereocenters. The third-order valence-electron chi connectivity index (χ3n) is 4.43. The van der Waals surface area contributed by atoms with Gasteiger partial charge >= 0.3 is 0 Å². The largest absolute Gasteiger partial charge is 0.346 e. The first-order valence-electron chi connectivity index (χ1n) is 7.59. The number of halogens is 1. The highest BCUT2D eigenvalue weighted by atomic mass is 127. The molecule has 0 fully saturated rings. The van der Waals surface area contributed by atoms with Crippen LogP contribution in [0.1, 0.15) is 0 Å². The maximum absolute atomic E-state index is 9.11. The zero-order chi connectivity index (χ0) is 17.6. The van der Waals surface area contributed by atoms with Crippen molar-refractivity contribution in [3.63, 3.8) is 0 Å². The van der Waals surface area contributed by atoms with Gasteiger partial charge in [-0.3, -0.25) is 3.11 Å². The highest BCUT2D eigenvalue weighted by Crippen LogP contribution is 2.26. The first-order chi connectivity index (χ1) is 12.1. The fraction of sp³-hybridized carbons (Fsp3) is 0.0526. The number of hydrogen-bond donors (Lipinski definition) is 1. The summed E-state index contributed by atoms with van der Waals surface area (Å²) in [5, 5.41) is 25.5. The van der Waals surface area contributed by atoms with Gasteiger partial charge in [0.25, 0.3) is 0 Å².